The number of methoxy groups -OCH3 is 1. The van der Waals surface area contributed by atoms with Gasteiger partial charge < -0.3 is 24.6 Å². The van der Waals surface area contributed by atoms with Gasteiger partial charge in [-0.1, -0.05) is 12.8 Å². The number of nitrogens with zero attached hydrogens (tertiary/aromatic N) is 6. The van der Waals surface area contributed by atoms with E-state index >= 15 is 0 Å². The van der Waals surface area contributed by atoms with Crippen molar-refractivity contribution in [3.8, 4) is 11.3 Å². The largest absolute Gasteiger partial charge is 0.481 e. The third kappa shape index (κ3) is 7.68. The molecule has 2 aliphatic carbocycles. The lowest BCUT2D eigenvalue weighted by Crippen LogP contribution is -2.40. The summed E-state index contributed by atoms with van der Waals surface area (Å²) >= 11 is 0. The number of nitrogens with one attached hydrogen (secondary N) is 2. The van der Waals surface area contributed by atoms with E-state index in [4.69, 9.17) is 4.74 Å². The first-order valence-electron chi connectivity index (χ1n) is 17.8. The Morgan fingerprint density at radius 3 is 2.42 bits per heavy atom. The van der Waals surface area contributed by atoms with Crippen LogP contribution in [0.4, 0.5) is 24.8 Å². The van der Waals surface area contributed by atoms with Gasteiger partial charge in [-0.15, -0.1) is 0 Å². The lowest BCUT2D eigenvalue weighted by molar-refractivity contribution is -0.143. The molecule has 1 saturated heterocycles. The van der Waals surface area contributed by atoms with Gasteiger partial charge in [0, 0.05) is 63.1 Å². The number of alkyl halides is 3. The van der Waals surface area contributed by atoms with Crippen LogP contribution in [-0.4, -0.2) is 93.1 Å². The van der Waals surface area contributed by atoms with Crippen LogP contribution in [0.15, 0.2) is 36.7 Å². The van der Waals surface area contributed by atoms with Crippen LogP contribution in [0.2, 0.25) is 0 Å². The number of pyridine rings is 3. The van der Waals surface area contributed by atoms with Gasteiger partial charge in [0.25, 0.3) is 11.8 Å². The van der Waals surface area contributed by atoms with Crippen molar-refractivity contribution in [3.05, 3.63) is 59.2 Å². The molecular weight excluding hydrogens is 693 g/mol. The van der Waals surface area contributed by atoms with Crippen LogP contribution in [0.5, 0.6) is 0 Å². The molecule has 1 aliphatic heterocycles. The number of aromatic amines is 1. The zero-order valence-corrected chi connectivity index (χ0v) is 29.5. The van der Waals surface area contributed by atoms with Gasteiger partial charge in [0.1, 0.15) is 11.2 Å². The Balaban J connectivity index is 1.17. The number of anilines is 2. The van der Waals surface area contributed by atoms with Crippen molar-refractivity contribution in [1.29, 1.82) is 0 Å². The molecule has 4 aromatic heterocycles. The van der Waals surface area contributed by atoms with Crippen LogP contribution in [0, 0.1) is 11.3 Å². The smallest absolute Gasteiger partial charge is 0.418 e. The van der Waals surface area contributed by atoms with Gasteiger partial charge in [0.05, 0.1) is 40.7 Å². The SMILES string of the molecule is COCC1(CN(C)c2cc(-c3cnc(C4CC4)c(C(F)(F)F)c3)nc3nc(NC(=O)c4ccc(C(=O)N5CCC(C(=O)O)CC5)cn4)[nH]c23)CCCC1. The topological polar surface area (TPSA) is 167 Å². The Morgan fingerprint density at radius 1 is 1.06 bits per heavy atom. The molecule has 0 bridgehead atoms. The fourth-order valence-corrected chi connectivity index (χ4v) is 7.71. The van der Waals surface area contributed by atoms with Gasteiger partial charge in [0.2, 0.25) is 5.95 Å². The molecule has 7 rings (SSSR count). The molecule has 0 unspecified atom stereocenters. The Bertz CT molecular complexity index is 2020. The second kappa shape index (κ2) is 14.4. The monoisotopic (exact) mass is 734 g/mol. The van der Waals surface area contributed by atoms with Crippen molar-refractivity contribution in [2.45, 2.75) is 63.5 Å². The van der Waals surface area contributed by atoms with Gasteiger partial charge >= 0.3 is 12.1 Å². The molecule has 2 amide bonds. The fraction of sp³-hybridized carbons (Fsp3) is 0.486. The summed E-state index contributed by atoms with van der Waals surface area (Å²) < 4.78 is 48.2. The lowest BCUT2D eigenvalue weighted by atomic mass is 9.86. The first-order valence-corrected chi connectivity index (χ1v) is 17.8. The number of ether oxygens (including phenoxy) is 1. The summed E-state index contributed by atoms with van der Waals surface area (Å²) in [6.45, 7) is 1.80. The molecule has 3 N–H and O–H groups in total. The number of amides is 2. The third-order valence-electron chi connectivity index (χ3n) is 10.6. The molecule has 0 radical (unpaired) electrons. The van der Waals surface area contributed by atoms with Crippen LogP contribution in [0.25, 0.3) is 22.4 Å². The third-order valence-corrected chi connectivity index (χ3v) is 10.6. The second-order valence-corrected chi connectivity index (χ2v) is 14.5. The Labute approximate surface area is 303 Å². The highest BCUT2D eigenvalue weighted by Crippen LogP contribution is 2.46. The van der Waals surface area contributed by atoms with Crippen LogP contribution < -0.4 is 10.2 Å². The number of fused-ring (bicyclic) bond motifs is 1. The molecule has 0 spiro atoms. The number of hydrogen-bond donors (Lipinski definition) is 3. The number of piperidine rings is 1. The normalized spacial score (nSPS) is 17.6. The molecular formula is C37H41F3N8O5. The molecule has 0 aromatic carbocycles. The summed E-state index contributed by atoms with van der Waals surface area (Å²) in [5, 5.41) is 11.9. The number of carbonyl (C=O) groups excluding carboxylic acids is 2. The van der Waals surface area contributed by atoms with Gasteiger partial charge in [-0.25, -0.2) is 4.98 Å². The summed E-state index contributed by atoms with van der Waals surface area (Å²) in [6.07, 6.45) is 4.32. The van der Waals surface area contributed by atoms with Gasteiger partial charge in [-0.05, 0) is 62.8 Å². The lowest BCUT2D eigenvalue weighted by Gasteiger charge is -2.34. The van der Waals surface area contributed by atoms with E-state index < -0.39 is 29.5 Å². The number of imidazole rings is 1. The van der Waals surface area contributed by atoms with Crippen LogP contribution in [0.1, 0.15) is 89.4 Å². The summed E-state index contributed by atoms with van der Waals surface area (Å²) in [6, 6.07) is 5.73. The highest BCUT2D eigenvalue weighted by molar-refractivity contribution is 6.03. The molecule has 3 aliphatic rings. The summed E-state index contributed by atoms with van der Waals surface area (Å²) in [7, 11) is 3.58. The van der Waals surface area contributed by atoms with Crippen LogP contribution in [-0.2, 0) is 15.7 Å². The highest BCUT2D eigenvalue weighted by atomic mass is 19.4. The number of carboxylic acids is 1. The summed E-state index contributed by atoms with van der Waals surface area (Å²) in [5.41, 5.74) is 1.22. The molecule has 0 atom stereocenters. The molecule has 2 saturated carbocycles. The van der Waals surface area contributed by atoms with E-state index in [-0.39, 0.29) is 57.0 Å². The van der Waals surface area contributed by atoms with Gasteiger partial charge in [-0.2, -0.15) is 18.2 Å². The van der Waals surface area contributed by atoms with Crippen molar-refractivity contribution < 1.29 is 37.4 Å². The zero-order chi connectivity index (χ0) is 37.5. The average Bonchev–Trinajstić information content (AvgIpc) is 3.76. The summed E-state index contributed by atoms with van der Waals surface area (Å²) in [5.74, 6) is -2.40. The number of carbonyl (C=O) groups is 3. The van der Waals surface area contributed by atoms with Crippen LogP contribution >= 0.6 is 0 Å². The number of H-pyrrole nitrogens is 1. The molecule has 4 aromatic rings. The first-order chi connectivity index (χ1) is 25.3. The maximum absolute atomic E-state index is 14.2. The average molecular weight is 735 g/mol. The minimum atomic E-state index is -4.58. The van der Waals surface area contributed by atoms with E-state index in [0.29, 0.717) is 63.1 Å². The van der Waals surface area contributed by atoms with E-state index in [1.807, 2.05) is 11.9 Å². The minimum absolute atomic E-state index is 0.0156. The number of halogens is 3. The van der Waals surface area contributed by atoms with Crippen molar-refractivity contribution in [2.75, 3.05) is 50.6 Å². The van der Waals surface area contributed by atoms with E-state index in [1.165, 1.54) is 24.5 Å². The highest BCUT2D eigenvalue weighted by Gasteiger charge is 2.40. The van der Waals surface area contributed by atoms with Crippen molar-refractivity contribution in [3.63, 3.8) is 0 Å². The minimum Gasteiger partial charge on any atom is -0.481 e. The molecule has 3 fully saturated rings. The first kappa shape index (κ1) is 36.2. The zero-order valence-electron chi connectivity index (χ0n) is 29.5. The predicted molar refractivity (Wildman–Crippen MR) is 189 cm³/mol. The maximum atomic E-state index is 14.2. The van der Waals surface area contributed by atoms with E-state index in [1.54, 1.807) is 18.1 Å². The maximum Gasteiger partial charge on any atom is 0.418 e. The van der Waals surface area contributed by atoms with E-state index in [0.717, 1.165) is 31.7 Å². The molecule has 13 nitrogen and oxygen atoms in total. The van der Waals surface area contributed by atoms with E-state index in [9.17, 15) is 32.7 Å². The van der Waals surface area contributed by atoms with E-state index in [2.05, 4.69) is 30.2 Å². The number of likely N-dealkylation sites (tertiary alicyclic amines) is 1. The second-order valence-electron chi connectivity index (χ2n) is 14.5. The number of hydrogen-bond acceptors (Lipinski definition) is 9. The molecule has 280 valence electrons. The molecule has 16 heteroatoms. The fourth-order valence-electron chi connectivity index (χ4n) is 7.71. The standard InChI is InChI=1S/C37H41F3N8O5/c1-47(19-36(20-53-2)11-3-4-12-36)28-16-27(24-15-25(37(38,39)40)29(42-18-24)21-5-6-21)43-31-30(28)44-35(45-31)46-32(49)26-8-7-23(17-41-26)33(50)48-13-9-22(10-14-48)34(51)52/h7-8,15-18,21-22H,3-6,9-14,19-20H2,1-2H3,(H,51,52)(H2,43,44,45,46,49). The summed E-state index contributed by atoms with van der Waals surface area (Å²) in [4.78, 5) is 61.9. The molecule has 53 heavy (non-hydrogen) atoms. The number of aromatic nitrogens is 5. The van der Waals surface area contributed by atoms with Crippen LogP contribution in [0.3, 0.4) is 0 Å². The molecule has 5 heterocycles. The van der Waals surface area contributed by atoms with Gasteiger partial charge in [-0.3, -0.25) is 29.7 Å². The Morgan fingerprint density at radius 2 is 1.79 bits per heavy atom. The number of rotatable bonds is 11. The van der Waals surface area contributed by atoms with Crippen molar-refractivity contribution >= 4 is 40.6 Å². The Hall–Kier alpha value is -5.12. The van der Waals surface area contributed by atoms with Crippen molar-refractivity contribution in [2.24, 2.45) is 11.3 Å². The number of carboxylic acid groups (broad SMARTS) is 1. The predicted octanol–water partition coefficient (Wildman–Crippen LogP) is 6.14. The van der Waals surface area contributed by atoms with Gasteiger partial charge in [0.15, 0.2) is 5.65 Å². The Kier molecular flexibility index (Phi) is 9.83. The number of aliphatic carboxylic acids is 1. The quantitative estimate of drug-likeness (QED) is 0.163. The van der Waals surface area contributed by atoms with Crippen molar-refractivity contribution in [1.82, 2.24) is 29.8 Å².